The zero-order valence-electron chi connectivity index (χ0n) is 9.53. The van der Waals surface area contributed by atoms with Crippen LogP contribution in [0.15, 0.2) is 10.5 Å². The van der Waals surface area contributed by atoms with Crippen LogP contribution in [0.25, 0.3) is 0 Å². The number of benzene rings is 1. The monoisotopic (exact) mass is 305 g/mol. The minimum atomic E-state index is -0.708. The first-order valence-corrected chi connectivity index (χ1v) is 6.27. The molecule has 0 heterocycles. The van der Waals surface area contributed by atoms with E-state index in [-0.39, 0.29) is 15.6 Å². The third-order valence-electron chi connectivity index (χ3n) is 3.59. The second-order valence-corrected chi connectivity index (χ2v) is 5.26. The SMILES string of the molecule is COc1c(F)c(Br)cc(C2(CN)CCC2)c1F. The van der Waals surface area contributed by atoms with Gasteiger partial charge in [0.05, 0.1) is 11.6 Å². The lowest BCUT2D eigenvalue weighted by Crippen LogP contribution is -2.42. The number of nitrogens with two attached hydrogens (primary N) is 1. The maximum atomic E-state index is 14.2. The fourth-order valence-corrected chi connectivity index (χ4v) is 2.74. The standard InChI is InChI=1S/C12H14BrF2NO/c1-17-11-9(14)7(5-8(13)10(11)15)12(6-16)3-2-4-12/h5H,2-4,6,16H2,1H3. The molecule has 0 unspecified atom stereocenters. The van der Waals surface area contributed by atoms with E-state index in [1.807, 2.05) is 0 Å². The highest BCUT2D eigenvalue weighted by Gasteiger charge is 2.41. The van der Waals surface area contributed by atoms with Crippen LogP contribution in [0.5, 0.6) is 5.75 Å². The van der Waals surface area contributed by atoms with Gasteiger partial charge in [0.1, 0.15) is 0 Å². The van der Waals surface area contributed by atoms with Crippen molar-refractivity contribution in [1.29, 1.82) is 0 Å². The third kappa shape index (κ3) is 1.85. The Hall–Kier alpha value is -0.680. The van der Waals surface area contributed by atoms with Crippen molar-refractivity contribution in [2.24, 2.45) is 5.73 Å². The van der Waals surface area contributed by atoms with Gasteiger partial charge in [0.2, 0.25) is 0 Å². The maximum absolute atomic E-state index is 14.2. The van der Waals surface area contributed by atoms with Crippen molar-refractivity contribution in [2.45, 2.75) is 24.7 Å². The summed E-state index contributed by atoms with van der Waals surface area (Å²) in [6.45, 7) is 0.366. The maximum Gasteiger partial charge on any atom is 0.191 e. The summed E-state index contributed by atoms with van der Waals surface area (Å²) in [4.78, 5) is 0. The molecule has 2 nitrogen and oxygen atoms in total. The van der Waals surface area contributed by atoms with Crippen molar-refractivity contribution in [3.63, 3.8) is 0 Å². The average molecular weight is 306 g/mol. The summed E-state index contributed by atoms with van der Waals surface area (Å²) in [6.07, 6.45) is 2.69. The largest absolute Gasteiger partial charge is 0.491 e. The summed E-state index contributed by atoms with van der Waals surface area (Å²) in [7, 11) is 1.26. The van der Waals surface area contributed by atoms with Crippen LogP contribution in [0, 0.1) is 11.6 Å². The fourth-order valence-electron chi connectivity index (χ4n) is 2.33. The summed E-state index contributed by atoms with van der Waals surface area (Å²) in [5.74, 6) is -1.67. The van der Waals surface area contributed by atoms with E-state index in [2.05, 4.69) is 15.9 Å². The summed E-state index contributed by atoms with van der Waals surface area (Å²) in [6, 6.07) is 1.49. The lowest BCUT2D eigenvalue weighted by atomic mass is 9.64. The molecule has 94 valence electrons. The van der Waals surface area contributed by atoms with Gasteiger partial charge in [0, 0.05) is 17.5 Å². The van der Waals surface area contributed by atoms with Crippen LogP contribution >= 0.6 is 15.9 Å². The first-order valence-electron chi connectivity index (χ1n) is 5.48. The van der Waals surface area contributed by atoms with Gasteiger partial charge >= 0.3 is 0 Å². The zero-order valence-corrected chi connectivity index (χ0v) is 11.1. The molecule has 0 atom stereocenters. The van der Waals surface area contributed by atoms with Gasteiger partial charge in [-0.2, -0.15) is 0 Å². The van der Waals surface area contributed by atoms with Crippen molar-refractivity contribution >= 4 is 15.9 Å². The summed E-state index contributed by atoms with van der Waals surface area (Å²) < 4.78 is 32.8. The van der Waals surface area contributed by atoms with E-state index in [0.717, 1.165) is 19.3 Å². The molecule has 1 aliphatic carbocycles. The minimum Gasteiger partial charge on any atom is -0.491 e. The molecule has 1 aromatic carbocycles. The molecule has 1 aliphatic rings. The molecule has 0 saturated heterocycles. The van der Waals surface area contributed by atoms with E-state index in [0.29, 0.717) is 12.1 Å². The molecule has 0 aliphatic heterocycles. The normalized spacial score (nSPS) is 17.7. The van der Waals surface area contributed by atoms with Crippen molar-refractivity contribution in [3.8, 4) is 5.75 Å². The molecule has 2 rings (SSSR count). The molecule has 2 N–H and O–H groups in total. The van der Waals surface area contributed by atoms with E-state index in [4.69, 9.17) is 10.5 Å². The van der Waals surface area contributed by atoms with Crippen LogP contribution < -0.4 is 10.5 Å². The van der Waals surface area contributed by atoms with Crippen LogP contribution in [-0.4, -0.2) is 13.7 Å². The zero-order chi connectivity index (χ0) is 12.6. The Morgan fingerprint density at radius 3 is 2.47 bits per heavy atom. The molecule has 0 radical (unpaired) electrons. The molecule has 1 aromatic rings. The Balaban J connectivity index is 2.58. The number of hydrogen-bond acceptors (Lipinski definition) is 2. The Kier molecular flexibility index (Phi) is 3.41. The van der Waals surface area contributed by atoms with Gasteiger partial charge in [0.25, 0.3) is 0 Å². The van der Waals surface area contributed by atoms with Gasteiger partial charge in [-0.15, -0.1) is 0 Å². The highest BCUT2D eigenvalue weighted by molar-refractivity contribution is 9.10. The molecule has 0 spiro atoms. The van der Waals surface area contributed by atoms with Crippen LogP contribution in [0.4, 0.5) is 8.78 Å². The highest BCUT2D eigenvalue weighted by atomic mass is 79.9. The number of methoxy groups -OCH3 is 1. The lowest BCUT2D eigenvalue weighted by Gasteiger charge is -2.41. The van der Waals surface area contributed by atoms with Crippen molar-refractivity contribution in [2.75, 3.05) is 13.7 Å². The molecule has 0 bridgehead atoms. The van der Waals surface area contributed by atoms with Crippen LogP contribution in [0.1, 0.15) is 24.8 Å². The van der Waals surface area contributed by atoms with Gasteiger partial charge in [0.15, 0.2) is 17.4 Å². The second kappa shape index (κ2) is 4.53. The van der Waals surface area contributed by atoms with Gasteiger partial charge in [-0.05, 0) is 34.8 Å². The number of rotatable bonds is 3. The van der Waals surface area contributed by atoms with E-state index in [1.54, 1.807) is 0 Å². The van der Waals surface area contributed by atoms with Crippen LogP contribution in [-0.2, 0) is 5.41 Å². The van der Waals surface area contributed by atoms with Crippen LogP contribution in [0.3, 0.4) is 0 Å². The predicted molar refractivity (Wildman–Crippen MR) is 65.2 cm³/mol. The molecule has 5 heteroatoms. The van der Waals surface area contributed by atoms with Gasteiger partial charge in [-0.25, -0.2) is 8.78 Å². The van der Waals surface area contributed by atoms with Crippen molar-refractivity contribution in [3.05, 3.63) is 27.7 Å². The Bertz CT molecular complexity index is 441. The van der Waals surface area contributed by atoms with E-state index in [1.165, 1.54) is 13.2 Å². The average Bonchev–Trinajstić information content (AvgIpc) is 2.25. The quantitative estimate of drug-likeness (QED) is 0.871. The van der Waals surface area contributed by atoms with E-state index in [9.17, 15) is 8.78 Å². The lowest BCUT2D eigenvalue weighted by molar-refractivity contribution is 0.240. The topological polar surface area (TPSA) is 35.2 Å². The van der Waals surface area contributed by atoms with Gasteiger partial charge in [-0.1, -0.05) is 6.42 Å². The van der Waals surface area contributed by atoms with Crippen molar-refractivity contribution < 1.29 is 13.5 Å². The Morgan fingerprint density at radius 2 is 2.06 bits per heavy atom. The van der Waals surface area contributed by atoms with Crippen molar-refractivity contribution in [1.82, 2.24) is 0 Å². The van der Waals surface area contributed by atoms with E-state index >= 15 is 0 Å². The second-order valence-electron chi connectivity index (χ2n) is 4.41. The molecule has 0 amide bonds. The van der Waals surface area contributed by atoms with E-state index < -0.39 is 11.6 Å². The highest BCUT2D eigenvalue weighted by Crippen LogP contribution is 2.46. The Labute approximate surface area is 107 Å². The number of hydrogen-bond donors (Lipinski definition) is 1. The number of halogens is 3. The molecule has 17 heavy (non-hydrogen) atoms. The number of ether oxygens (including phenoxy) is 1. The summed E-state index contributed by atoms with van der Waals surface area (Å²) in [5.41, 5.74) is 5.83. The molecule has 1 fully saturated rings. The third-order valence-corrected chi connectivity index (χ3v) is 4.17. The fraction of sp³-hybridized carbons (Fsp3) is 0.500. The minimum absolute atomic E-state index is 0.213. The molecule has 1 saturated carbocycles. The van der Waals surface area contributed by atoms with Gasteiger partial charge in [-0.3, -0.25) is 0 Å². The first-order chi connectivity index (χ1) is 8.05. The first kappa shape index (κ1) is 12.8. The van der Waals surface area contributed by atoms with Crippen LogP contribution in [0.2, 0.25) is 0 Å². The van der Waals surface area contributed by atoms with Gasteiger partial charge < -0.3 is 10.5 Å². The molecular formula is C12H14BrF2NO. The predicted octanol–water partition coefficient (Wildman–Crippen LogP) is 3.12. The smallest absolute Gasteiger partial charge is 0.191 e. The summed E-state index contributed by atoms with van der Waals surface area (Å²) in [5, 5.41) is 0. The molecule has 0 aromatic heterocycles. The Morgan fingerprint density at radius 1 is 1.41 bits per heavy atom. The summed E-state index contributed by atoms with van der Waals surface area (Å²) >= 11 is 3.08. The molecular weight excluding hydrogens is 292 g/mol.